The maximum absolute atomic E-state index is 13.3. The molecule has 0 radical (unpaired) electrons. The molecule has 0 unspecified atom stereocenters. The number of fused-ring (bicyclic) bond motifs is 1. The number of thioether (sulfide) groups is 1. The van der Waals surface area contributed by atoms with Crippen LogP contribution in [0.1, 0.15) is 18.1 Å². The molecule has 2 aromatic carbocycles. The normalized spacial score (nSPS) is 16.8. The van der Waals surface area contributed by atoms with Gasteiger partial charge in [0.05, 0.1) is 25.0 Å². The SMILES string of the molecule is C[C@@H](Sc1nnc(N2CCOCC2)n1Cc1ccccc1)C(=O)N1CCc2ccccc21. The van der Waals surface area contributed by atoms with Crippen molar-refractivity contribution in [3.8, 4) is 0 Å². The molecule has 0 N–H and O–H groups in total. The molecule has 5 rings (SSSR count). The number of ether oxygens (including phenoxy) is 1. The number of hydrogen-bond donors (Lipinski definition) is 0. The maximum Gasteiger partial charge on any atom is 0.240 e. The van der Waals surface area contributed by atoms with E-state index in [9.17, 15) is 4.79 Å². The third-order valence-corrected chi connectivity index (χ3v) is 7.03. The summed E-state index contributed by atoms with van der Waals surface area (Å²) in [6.45, 7) is 6.31. The smallest absolute Gasteiger partial charge is 0.240 e. The van der Waals surface area contributed by atoms with Crippen molar-refractivity contribution in [2.75, 3.05) is 42.6 Å². The molecule has 3 aromatic rings. The number of benzene rings is 2. The van der Waals surface area contributed by atoms with Crippen molar-refractivity contribution in [3.05, 3.63) is 65.7 Å². The van der Waals surface area contributed by atoms with Crippen LogP contribution in [0.2, 0.25) is 0 Å². The van der Waals surface area contributed by atoms with Gasteiger partial charge in [-0.25, -0.2) is 0 Å². The zero-order valence-corrected chi connectivity index (χ0v) is 19.0. The van der Waals surface area contributed by atoms with Gasteiger partial charge in [-0.05, 0) is 30.5 Å². The molecule has 0 bridgehead atoms. The van der Waals surface area contributed by atoms with Gasteiger partial charge in [-0.3, -0.25) is 9.36 Å². The van der Waals surface area contributed by atoms with Gasteiger partial charge in [-0.15, -0.1) is 10.2 Å². The summed E-state index contributed by atoms with van der Waals surface area (Å²) in [6, 6.07) is 18.5. The number of anilines is 2. The summed E-state index contributed by atoms with van der Waals surface area (Å²) in [6.07, 6.45) is 0.907. The van der Waals surface area contributed by atoms with Crippen LogP contribution in [0.25, 0.3) is 0 Å². The molecule has 166 valence electrons. The highest BCUT2D eigenvalue weighted by atomic mass is 32.2. The van der Waals surface area contributed by atoms with Crippen LogP contribution in [-0.2, 0) is 22.5 Å². The molecule has 8 heteroatoms. The van der Waals surface area contributed by atoms with E-state index in [0.29, 0.717) is 19.8 Å². The fourth-order valence-electron chi connectivity index (χ4n) is 4.26. The van der Waals surface area contributed by atoms with Gasteiger partial charge in [-0.2, -0.15) is 0 Å². The van der Waals surface area contributed by atoms with Crippen LogP contribution in [0.3, 0.4) is 0 Å². The summed E-state index contributed by atoms with van der Waals surface area (Å²) in [7, 11) is 0. The quantitative estimate of drug-likeness (QED) is 0.539. The van der Waals surface area contributed by atoms with E-state index in [1.54, 1.807) is 0 Å². The van der Waals surface area contributed by atoms with Gasteiger partial charge in [-0.1, -0.05) is 60.3 Å². The fraction of sp³-hybridized carbons (Fsp3) is 0.375. The van der Waals surface area contributed by atoms with E-state index in [-0.39, 0.29) is 11.2 Å². The number of carbonyl (C=O) groups excluding carboxylic acids is 1. The van der Waals surface area contributed by atoms with Crippen LogP contribution in [0.5, 0.6) is 0 Å². The van der Waals surface area contributed by atoms with Gasteiger partial charge in [0.1, 0.15) is 0 Å². The van der Waals surface area contributed by atoms with Crippen LogP contribution in [0.4, 0.5) is 11.6 Å². The second-order valence-corrected chi connectivity index (χ2v) is 9.39. The van der Waals surface area contributed by atoms with Crippen molar-refractivity contribution in [1.29, 1.82) is 0 Å². The lowest BCUT2D eigenvalue weighted by Gasteiger charge is -2.28. The Balaban J connectivity index is 1.39. The van der Waals surface area contributed by atoms with Crippen molar-refractivity contribution in [2.24, 2.45) is 0 Å². The molecule has 0 spiro atoms. The van der Waals surface area contributed by atoms with E-state index >= 15 is 0 Å². The van der Waals surface area contributed by atoms with E-state index < -0.39 is 0 Å². The Bertz CT molecular complexity index is 1080. The van der Waals surface area contributed by atoms with E-state index in [1.807, 2.05) is 48.2 Å². The van der Waals surface area contributed by atoms with Crippen LogP contribution >= 0.6 is 11.8 Å². The van der Waals surface area contributed by atoms with Gasteiger partial charge in [0.25, 0.3) is 0 Å². The molecule has 1 fully saturated rings. The number of carbonyl (C=O) groups is 1. The van der Waals surface area contributed by atoms with Gasteiger partial charge < -0.3 is 14.5 Å². The molecule has 1 aromatic heterocycles. The summed E-state index contributed by atoms with van der Waals surface area (Å²) in [5.41, 5.74) is 3.45. The summed E-state index contributed by atoms with van der Waals surface area (Å²) in [5.74, 6) is 0.952. The summed E-state index contributed by atoms with van der Waals surface area (Å²) >= 11 is 1.48. The minimum absolute atomic E-state index is 0.113. The Morgan fingerprint density at radius 3 is 2.59 bits per heavy atom. The lowest BCUT2D eigenvalue weighted by Crippen LogP contribution is -2.38. The first-order chi connectivity index (χ1) is 15.7. The first kappa shape index (κ1) is 21.0. The molecule has 2 aliphatic heterocycles. The average Bonchev–Trinajstić information content (AvgIpc) is 3.44. The second-order valence-electron chi connectivity index (χ2n) is 8.08. The predicted octanol–water partition coefficient (Wildman–Crippen LogP) is 3.23. The molecule has 3 heterocycles. The standard InChI is InChI=1S/C24H27N5O2S/c1-18(22(30)28-12-11-20-9-5-6-10-21(20)28)32-24-26-25-23(27-13-15-31-16-14-27)29(24)17-19-7-3-2-4-8-19/h2-10,18H,11-17H2,1H3/t18-/m1/s1. The Hall–Kier alpha value is -2.84. The summed E-state index contributed by atoms with van der Waals surface area (Å²) in [4.78, 5) is 17.4. The maximum atomic E-state index is 13.3. The molecular weight excluding hydrogens is 422 g/mol. The largest absolute Gasteiger partial charge is 0.378 e. The monoisotopic (exact) mass is 449 g/mol. The third-order valence-electron chi connectivity index (χ3n) is 5.96. The van der Waals surface area contributed by atoms with Crippen LogP contribution < -0.4 is 9.80 Å². The number of amides is 1. The molecule has 1 amide bonds. The number of aromatic nitrogens is 3. The molecule has 7 nitrogen and oxygen atoms in total. The first-order valence-electron chi connectivity index (χ1n) is 11.1. The average molecular weight is 450 g/mol. The predicted molar refractivity (Wildman–Crippen MR) is 126 cm³/mol. The Labute approximate surface area is 192 Å². The number of rotatable bonds is 6. The van der Waals surface area contributed by atoms with Crippen LogP contribution in [-0.4, -0.2) is 58.8 Å². The van der Waals surface area contributed by atoms with E-state index in [4.69, 9.17) is 4.74 Å². The molecule has 1 atom stereocenters. The van der Waals surface area contributed by atoms with Crippen molar-refractivity contribution in [3.63, 3.8) is 0 Å². The Morgan fingerprint density at radius 2 is 1.78 bits per heavy atom. The number of morpholine rings is 1. The molecule has 32 heavy (non-hydrogen) atoms. The molecule has 1 saturated heterocycles. The van der Waals surface area contributed by atoms with Crippen molar-refractivity contribution >= 4 is 29.3 Å². The minimum atomic E-state index is -0.266. The zero-order chi connectivity index (χ0) is 21.9. The topological polar surface area (TPSA) is 63.5 Å². The number of para-hydroxylation sites is 1. The highest BCUT2D eigenvalue weighted by Crippen LogP contribution is 2.32. The van der Waals surface area contributed by atoms with E-state index in [0.717, 1.165) is 42.8 Å². The van der Waals surface area contributed by atoms with Crippen molar-refractivity contribution < 1.29 is 9.53 Å². The summed E-state index contributed by atoms with van der Waals surface area (Å²) < 4.78 is 7.65. The number of hydrogen-bond acceptors (Lipinski definition) is 6. The van der Waals surface area contributed by atoms with E-state index in [2.05, 4.69) is 37.9 Å². The highest BCUT2D eigenvalue weighted by molar-refractivity contribution is 8.00. The first-order valence-corrected chi connectivity index (χ1v) is 11.9. The lowest BCUT2D eigenvalue weighted by molar-refractivity contribution is -0.117. The Kier molecular flexibility index (Phi) is 6.14. The van der Waals surface area contributed by atoms with Gasteiger partial charge in [0.2, 0.25) is 11.9 Å². The molecule has 2 aliphatic rings. The summed E-state index contributed by atoms with van der Waals surface area (Å²) in [5, 5.41) is 9.52. The minimum Gasteiger partial charge on any atom is -0.378 e. The van der Waals surface area contributed by atoms with Crippen LogP contribution in [0.15, 0.2) is 59.8 Å². The van der Waals surface area contributed by atoms with Crippen molar-refractivity contribution in [2.45, 2.75) is 30.3 Å². The van der Waals surface area contributed by atoms with Crippen LogP contribution in [0, 0.1) is 0 Å². The number of nitrogens with zero attached hydrogens (tertiary/aromatic N) is 5. The third kappa shape index (κ3) is 4.25. The van der Waals surface area contributed by atoms with E-state index in [1.165, 1.54) is 22.9 Å². The fourth-order valence-corrected chi connectivity index (χ4v) is 5.17. The molecule has 0 aliphatic carbocycles. The molecular formula is C24H27N5O2S. The van der Waals surface area contributed by atoms with Crippen molar-refractivity contribution in [1.82, 2.24) is 14.8 Å². The second kappa shape index (κ2) is 9.34. The van der Waals surface area contributed by atoms with Gasteiger partial charge in [0, 0.05) is 25.3 Å². The van der Waals surface area contributed by atoms with Gasteiger partial charge >= 0.3 is 0 Å². The Morgan fingerprint density at radius 1 is 1.03 bits per heavy atom. The molecule has 0 saturated carbocycles. The lowest BCUT2D eigenvalue weighted by atomic mass is 10.2. The highest BCUT2D eigenvalue weighted by Gasteiger charge is 2.30. The van der Waals surface area contributed by atoms with Gasteiger partial charge in [0.15, 0.2) is 5.16 Å². The zero-order valence-electron chi connectivity index (χ0n) is 18.2.